The number of carbonyl (C=O) groups excluding carboxylic acids is 1. The van der Waals surface area contributed by atoms with Gasteiger partial charge in [-0.05, 0) is 81.1 Å². The highest BCUT2D eigenvalue weighted by molar-refractivity contribution is 7.91. The number of hydrogen-bond donors (Lipinski definition) is 1. The van der Waals surface area contributed by atoms with Crippen molar-refractivity contribution in [3.05, 3.63) is 71.3 Å². The van der Waals surface area contributed by atoms with Crippen LogP contribution in [0.4, 0.5) is 11.5 Å². The monoisotopic (exact) mass is 464 g/mol. The number of sulfone groups is 1. The summed E-state index contributed by atoms with van der Waals surface area (Å²) in [5, 5.41) is 11.1. The first-order valence-electron chi connectivity index (χ1n) is 11.0. The number of amides is 1. The van der Waals surface area contributed by atoms with Crippen molar-refractivity contribution < 1.29 is 13.2 Å². The van der Waals surface area contributed by atoms with Crippen LogP contribution in [0.5, 0.6) is 0 Å². The van der Waals surface area contributed by atoms with E-state index in [0.29, 0.717) is 31.7 Å². The number of nitrogens with one attached hydrogen (secondary N) is 1. The third-order valence-corrected chi connectivity index (χ3v) is 7.57. The first kappa shape index (κ1) is 22.9. The van der Waals surface area contributed by atoms with Crippen LogP contribution in [0.15, 0.2) is 64.5 Å². The molecular formula is C25H28N4O3S. The second-order valence-electron chi connectivity index (χ2n) is 8.67. The van der Waals surface area contributed by atoms with Gasteiger partial charge >= 0.3 is 0 Å². The van der Waals surface area contributed by atoms with Crippen LogP contribution in [-0.4, -0.2) is 37.6 Å². The lowest BCUT2D eigenvalue weighted by Crippen LogP contribution is -2.38. The van der Waals surface area contributed by atoms with Crippen molar-refractivity contribution >= 4 is 27.2 Å². The average molecular weight is 465 g/mol. The van der Waals surface area contributed by atoms with Gasteiger partial charge in [0.1, 0.15) is 0 Å². The second kappa shape index (κ2) is 9.31. The fourth-order valence-corrected chi connectivity index (χ4v) is 5.26. The summed E-state index contributed by atoms with van der Waals surface area (Å²) in [6, 6.07) is 15.9. The standard InChI is InChI=1S/C25H28N4O3S/c1-17-4-6-22(7-5-17)33(31,32)24-9-8-23(27-28-24)29-12-10-20(11-13-29)25(30)26-21-15-18(2)14-19(3)16-21/h4-9,14-16,20H,10-13H2,1-3H3,(H,26,30). The molecule has 1 fully saturated rings. The number of carbonyl (C=O) groups is 1. The number of anilines is 2. The Morgan fingerprint density at radius 3 is 2.09 bits per heavy atom. The number of aryl methyl sites for hydroxylation is 3. The molecule has 8 heteroatoms. The van der Waals surface area contributed by atoms with Gasteiger partial charge in [-0.15, -0.1) is 10.2 Å². The quantitative estimate of drug-likeness (QED) is 0.611. The number of nitrogens with zero attached hydrogens (tertiary/aromatic N) is 3. The molecule has 1 N–H and O–H groups in total. The molecule has 0 spiro atoms. The van der Waals surface area contributed by atoms with Crippen LogP contribution >= 0.6 is 0 Å². The number of hydrogen-bond acceptors (Lipinski definition) is 6. The zero-order chi connectivity index (χ0) is 23.6. The summed E-state index contributed by atoms with van der Waals surface area (Å²) in [6.45, 7) is 7.24. The molecule has 1 amide bonds. The summed E-state index contributed by atoms with van der Waals surface area (Å²) in [5.41, 5.74) is 4.05. The highest BCUT2D eigenvalue weighted by Gasteiger charge is 2.27. The second-order valence-corrected chi connectivity index (χ2v) is 10.6. The summed E-state index contributed by atoms with van der Waals surface area (Å²) in [4.78, 5) is 15.0. The molecule has 0 unspecified atom stereocenters. The molecule has 2 aromatic carbocycles. The highest BCUT2D eigenvalue weighted by Crippen LogP contribution is 2.25. The zero-order valence-electron chi connectivity index (χ0n) is 19.1. The van der Waals surface area contributed by atoms with Crippen molar-refractivity contribution in [3.8, 4) is 0 Å². The SMILES string of the molecule is Cc1ccc(S(=O)(=O)c2ccc(N3CCC(C(=O)Nc4cc(C)cc(C)c4)CC3)nn2)cc1. The fourth-order valence-electron chi connectivity index (χ4n) is 4.13. The molecule has 1 aromatic heterocycles. The van der Waals surface area contributed by atoms with Gasteiger partial charge in [0.2, 0.25) is 15.7 Å². The van der Waals surface area contributed by atoms with Crippen LogP contribution < -0.4 is 10.2 Å². The van der Waals surface area contributed by atoms with Gasteiger partial charge in [-0.3, -0.25) is 4.79 Å². The maximum absolute atomic E-state index is 12.8. The molecule has 0 radical (unpaired) electrons. The summed E-state index contributed by atoms with van der Waals surface area (Å²) < 4.78 is 25.6. The predicted molar refractivity (Wildman–Crippen MR) is 128 cm³/mol. The highest BCUT2D eigenvalue weighted by atomic mass is 32.2. The summed E-state index contributed by atoms with van der Waals surface area (Å²) in [5.74, 6) is 0.576. The lowest BCUT2D eigenvalue weighted by molar-refractivity contribution is -0.120. The lowest BCUT2D eigenvalue weighted by Gasteiger charge is -2.31. The minimum Gasteiger partial charge on any atom is -0.355 e. The summed E-state index contributed by atoms with van der Waals surface area (Å²) in [6.07, 6.45) is 1.39. The van der Waals surface area contributed by atoms with Crippen LogP contribution in [0.3, 0.4) is 0 Å². The molecule has 7 nitrogen and oxygen atoms in total. The van der Waals surface area contributed by atoms with Crippen molar-refractivity contribution in [2.24, 2.45) is 5.92 Å². The third-order valence-electron chi connectivity index (χ3n) is 5.91. The molecule has 1 saturated heterocycles. The smallest absolute Gasteiger partial charge is 0.227 e. The molecule has 172 valence electrons. The van der Waals surface area contributed by atoms with E-state index in [2.05, 4.69) is 21.6 Å². The first-order valence-corrected chi connectivity index (χ1v) is 12.5. The van der Waals surface area contributed by atoms with E-state index in [1.165, 1.54) is 6.07 Å². The molecule has 4 rings (SSSR count). The minimum atomic E-state index is -3.70. The Hall–Kier alpha value is -3.26. The van der Waals surface area contributed by atoms with Gasteiger partial charge in [-0.2, -0.15) is 0 Å². The number of benzene rings is 2. The Bertz CT molecular complexity index is 1230. The van der Waals surface area contributed by atoms with E-state index in [1.54, 1.807) is 30.3 Å². The van der Waals surface area contributed by atoms with E-state index >= 15 is 0 Å². The Balaban J connectivity index is 1.38. The van der Waals surface area contributed by atoms with E-state index in [-0.39, 0.29) is 21.7 Å². The summed E-state index contributed by atoms with van der Waals surface area (Å²) >= 11 is 0. The van der Waals surface area contributed by atoms with Crippen molar-refractivity contribution in [1.29, 1.82) is 0 Å². The van der Waals surface area contributed by atoms with Gasteiger partial charge in [0, 0.05) is 24.7 Å². The largest absolute Gasteiger partial charge is 0.355 e. The first-order chi connectivity index (χ1) is 15.7. The van der Waals surface area contributed by atoms with Crippen LogP contribution in [-0.2, 0) is 14.6 Å². The van der Waals surface area contributed by atoms with Crippen LogP contribution in [0.2, 0.25) is 0 Å². The van der Waals surface area contributed by atoms with Gasteiger partial charge in [0.15, 0.2) is 10.8 Å². The molecule has 0 saturated carbocycles. The molecule has 33 heavy (non-hydrogen) atoms. The number of aromatic nitrogens is 2. The van der Waals surface area contributed by atoms with Gasteiger partial charge in [-0.1, -0.05) is 23.8 Å². The maximum atomic E-state index is 12.8. The third kappa shape index (κ3) is 5.22. The van der Waals surface area contributed by atoms with Gasteiger partial charge in [0.25, 0.3) is 0 Å². The number of rotatable bonds is 5. The van der Waals surface area contributed by atoms with E-state index in [9.17, 15) is 13.2 Å². The lowest BCUT2D eigenvalue weighted by atomic mass is 9.95. The normalized spacial score (nSPS) is 14.8. The van der Waals surface area contributed by atoms with E-state index in [1.807, 2.05) is 37.8 Å². The van der Waals surface area contributed by atoms with Crippen LogP contribution in [0, 0.1) is 26.7 Å². The molecular weight excluding hydrogens is 436 g/mol. The topological polar surface area (TPSA) is 92.3 Å². The van der Waals surface area contributed by atoms with Crippen molar-refractivity contribution in [2.75, 3.05) is 23.3 Å². The Kier molecular flexibility index (Phi) is 6.47. The average Bonchev–Trinajstić information content (AvgIpc) is 2.79. The predicted octanol–water partition coefficient (Wildman–Crippen LogP) is 4.09. The summed E-state index contributed by atoms with van der Waals surface area (Å²) in [7, 11) is -3.70. The fraction of sp³-hybridized carbons (Fsp3) is 0.320. The van der Waals surface area contributed by atoms with Gasteiger partial charge in [0.05, 0.1) is 4.90 Å². The molecule has 0 atom stereocenters. The van der Waals surface area contributed by atoms with Gasteiger partial charge < -0.3 is 10.2 Å². The van der Waals surface area contributed by atoms with Crippen LogP contribution in [0.1, 0.15) is 29.5 Å². The zero-order valence-corrected chi connectivity index (χ0v) is 19.9. The maximum Gasteiger partial charge on any atom is 0.227 e. The van der Waals surface area contributed by atoms with Crippen molar-refractivity contribution in [2.45, 2.75) is 43.5 Å². The van der Waals surface area contributed by atoms with Gasteiger partial charge in [-0.25, -0.2) is 8.42 Å². The molecule has 1 aliphatic rings. The number of piperidine rings is 1. The Labute approximate surface area is 194 Å². The van der Waals surface area contributed by atoms with E-state index in [4.69, 9.17) is 0 Å². The van der Waals surface area contributed by atoms with E-state index < -0.39 is 9.84 Å². The Morgan fingerprint density at radius 1 is 0.879 bits per heavy atom. The molecule has 3 aromatic rings. The van der Waals surface area contributed by atoms with E-state index in [0.717, 1.165) is 22.4 Å². The Morgan fingerprint density at radius 2 is 1.52 bits per heavy atom. The van der Waals surface area contributed by atoms with Crippen molar-refractivity contribution in [3.63, 3.8) is 0 Å². The van der Waals surface area contributed by atoms with Crippen molar-refractivity contribution in [1.82, 2.24) is 10.2 Å². The van der Waals surface area contributed by atoms with Crippen LogP contribution in [0.25, 0.3) is 0 Å². The molecule has 0 aliphatic carbocycles. The molecule has 2 heterocycles. The molecule has 0 bridgehead atoms. The molecule has 1 aliphatic heterocycles. The minimum absolute atomic E-state index is 0.0327.